The molecule has 1 amide bonds. The van der Waals surface area contributed by atoms with Crippen LogP contribution in [-0.4, -0.2) is 53.2 Å². The van der Waals surface area contributed by atoms with E-state index in [0.717, 1.165) is 23.4 Å². The predicted octanol–water partition coefficient (Wildman–Crippen LogP) is 4.85. The summed E-state index contributed by atoms with van der Waals surface area (Å²) in [4.78, 5) is 19.3. The molecule has 9 heteroatoms. The molecule has 0 unspecified atom stereocenters. The highest BCUT2D eigenvalue weighted by Gasteiger charge is 2.15. The Labute approximate surface area is 212 Å². The number of aromatic nitrogens is 3. The van der Waals surface area contributed by atoms with Gasteiger partial charge in [-0.1, -0.05) is 41.0 Å². The second kappa shape index (κ2) is 11.6. The molecular formula is C26H22ClN5O2S. The first-order valence-electron chi connectivity index (χ1n) is 10.7. The van der Waals surface area contributed by atoms with Crippen molar-refractivity contribution >= 4 is 34.0 Å². The van der Waals surface area contributed by atoms with Crippen molar-refractivity contribution in [3.8, 4) is 28.7 Å². The maximum atomic E-state index is 13.1. The molecule has 0 bridgehead atoms. The van der Waals surface area contributed by atoms with Crippen molar-refractivity contribution in [1.29, 1.82) is 0 Å². The Balaban J connectivity index is 1.48. The molecule has 4 rings (SSSR count). The molecule has 2 aromatic heterocycles. The highest BCUT2D eigenvalue weighted by Crippen LogP contribution is 2.27. The topological polar surface area (TPSA) is 80.2 Å². The molecular weight excluding hydrogens is 482 g/mol. The van der Waals surface area contributed by atoms with Crippen molar-refractivity contribution in [1.82, 2.24) is 20.1 Å². The van der Waals surface area contributed by atoms with Crippen LogP contribution in [0, 0.1) is 11.8 Å². The Bertz CT molecular complexity index is 1380. The predicted molar refractivity (Wildman–Crippen MR) is 139 cm³/mol. The highest BCUT2D eigenvalue weighted by atomic mass is 35.5. The van der Waals surface area contributed by atoms with E-state index in [9.17, 15) is 4.79 Å². The largest absolute Gasteiger partial charge is 0.492 e. The van der Waals surface area contributed by atoms with Crippen LogP contribution >= 0.6 is 22.9 Å². The molecule has 4 aromatic rings. The number of halogens is 1. The third-order valence-electron chi connectivity index (χ3n) is 4.82. The van der Waals surface area contributed by atoms with Gasteiger partial charge in [-0.15, -0.1) is 10.2 Å². The van der Waals surface area contributed by atoms with Gasteiger partial charge in [-0.3, -0.25) is 15.1 Å². The van der Waals surface area contributed by atoms with Crippen LogP contribution in [0.25, 0.3) is 11.1 Å². The van der Waals surface area contributed by atoms with Crippen molar-refractivity contribution in [3.63, 3.8) is 0 Å². The average Bonchev–Trinajstić information content (AvgIpc) is 3.31. The Morgan fingerprint density at radius 2 is 1.94 bits per heavy atom. The number of nitrogens with one attached hydrogen (secondary N) is 1. The summed E-state index contributed by atoms with van der Waals surface area (Å²) in [5, 5.41) is 12.4. The fraction of sp³-hybridized carbons (Fsp3) is 0.154. The van der Waals surface area contributed by atoms with Crippen LogP contribution in [0.1, 0.15) is 20.9 Å². The van der Waals surface area contributed by atoms with E-state index in [1.165, 1.54) is 11.3 Å². The number of nitrogens with zero attached hydrogens (tertiary/aromatic N) is 4. The summed E-state index contributed by atoms with van der Waals surface area (Å²) in [6, 6.07) is 16.5. The van der Waals surface area contributed by atoms with Gasteiger partial charge in [-0.2, -0.15) is 0 Å². The van der Waals surface area contributed by atoms with Crippen LogP contribution in [0.3, 0.4) is 0 Å². The Morgan fingerprint density at radius 3 is 2.74 bits per heavy atom. The number of hydrogen-bond acceptors (Lipinski definition) is 7. The SMILES string of the molecule is CN(C)CCOc1cccc(-c2cnccc2C(=O)Nc2nnc(C#Cc3ccc(Cl)cc3)s2)c1. The number of likely N-dealkylation sites (N-methyl/N-ethyl adjacent to an activating group) is 1. The first-order chi connectivity index (χ1) is 17.0. The minimum absolute atomic E-state index is 0.310. The molecule has 2 aromatic carbocycles. The monoisotopic (exact) mass is 503 g/mol. The van der Waals surface area contributed by atoms with Crippen LogP contribution in [-0.2, 0) is 0 Å². The third kappa shape index (κ3) is 6.87. The van der Waals surface area contributed by atoms with Gasteiger partial charge in [0.15, 0.2) is 5.01 Å². The number of ether oxygens (including phenoxy) is 1. The smallest absolute Gasteiger partial charge is 0.258 e. The van der Waals surface area contributed by atoms with E-state index in [-0.39, 0.29) is 5.91 Å². The molecule has 176 valence electrons. The molecule has 2 heterocycles. The van der Waals surface area contributed by atoms with Gasteiger partial charge in [0.1, 0.15) is 12.4 Å². The average molecular weight is 504 g/mol. The quantitative estimate of drug-likeness (QED) is 0.363. The van der Waals surface area contributed by atoms with E-state index in [0.29, 0.717) is 32.9 Å². The van der Waals surface area contributed by atoms with Gasteiger partial charge < -0.3 is 9.64 Å². The summed E-state index contributed by atoms with van der Waals surface area (Å²) in [6.45, 7) is 1.37. The van der Waals surface area contributed by atoms with Gasteiger partial charge in [-0.05, 0) is 68.0 Å². The number of pyridine rings is 1. The van der Waals surface area contributed by atoms with Crippen molar-refractivity contribution in [2.45, 2.75) is 0 Å². The van der Waals surface area contributed by atoms with E-state index < -0.39 is 0 Å². The molecule has 0 spiro atoms. The van der Waals surface area contributed by atoms with Gasteiger partial charge in [-0.25, -0.2) is 0 Å². The molecule has 1 N–H and O–H groups in total. The number of amides is 1. The van der Waals surface area contributed by atoms with Crippen molar-refractivity contribution < 1.29 is 9.53 Å². The lowest BCUT2D eigenvalue weighted by atomic mass is 10.0. The maximum absolute atomic E-state index is 13.1. The lowest BCUT2D eigenvalue weighted by molar-refractivity contribution is 0.102. The fourth-order valence-corrected chi connectivity index (χ4v) is 3.79. The van der Waals surface area contributed by atoms with Gasteiger partial charge in [0, 0.05) is 35.1 Å². The number of hydrogen-bond donors (Lipinski definition) is 1. The van der Waals surface area contributed by atoms with Crippen LogP contribution in [0.5, 0.6) is 5.75 Å². The summed E-state index contributed by atoms with van der Waals surface area (Å²) in [5.74, 6) is 6.38. The number of carbonyl (C=O) groups excluding carboxylic acids is 1. The molecule has 0 aliphatic rings. The van der Waals surface area contributed by atoms with Gasteiger partial charge >= 0.3 is 0 Å². The standard InChI is InChI=1S/C26H22ClN5O2S/c1-32(2)14-15-34-21-5-3-4-19(16-21)23-17-28-13-12-22(23)25(33)29-26-31-30-24(35-26)11-8-18-6-9-20(27)10-7-18/h3-7,9-10,12-13,16-17H,14-15H2,1-2H3,(H,29,31,33). The van der Waals surface area contributed by atoms with Crippen molar-refractivity contribution in [2.75, 3.05) is 32.6 Å². The molecule has 0 radical (unpaired) electrons. The number of carbonyl (C=O) groups is 1. The molecule has 35 heavy (non-hydrogen) atoms. The highest BCUT2D eigenvalue weighted by molar-refractivity contribution is 7.15. The molecule has 0 aliphatic carbocycles. The molecule has 0 aliphatic heterocycles. The zero-order valence-electron chi connectivity index (χ0n) is 19.2. The zero-order valence-corrected chi connectivity index (χ0v) is 20.7. The van der Waals surface area contributed by atoms with Crippen molar-refractivity contribution in [3.05, 3.63) is 88.1 Å². The molecule has 0 saturated carbocycles. The van der Waals surface area contributed by atoms with E-state index in [1.807, 2.05) is 50.5 Å². The zero-order chi connectivity index (χ0) is 24.6. The normalized spacial score (nSPS) is 10.5. The Morgan fingerprint density at radius 1 is 1.11 bits per heavy atom. The molecule has 0 fully saturated rings. The van der Waals surface area contributed by atoms with E-state index in [4.69, 9.17) is 16.3 Å². The summed E-state index contributed by atoms with van der Waals surface area (Å²) < 4.78 is 5.84. The third-order valence-corrected chi connectivity index (χ3v) is 5.83. The van der Waals surface area contributed by atoms with E-state index in [2.05, 4.69) is 37.2 Å². The van der Waals surface area contributed by atoms with Gasteiger partial charge in [0.05, 0.1) is 5.56 Å². The minimum atomic E-state index is -0.310. The summed E-state index contributed by atoms with van der Waals surface area (Å²) >= 11 is 7.10. The Hall–Kier alpha value is -3.77. The number of rotatable bonds is 7. The first kappa shape index (κ1) is 24.4. The summed E-state index contributed by atoms with van der Waals surface area (Å²) in [6.07, 6.45) is 3.25. The van der Waals surface area contributed by atoms with Crippen molar-refractivity contribution in [2.24, 2.45) is 0 Å². The minimum Gasteiger partial charge on any atom is -0.492 e. The summed E-state index contributed by atoms with van der Waals surface area (Å²) in [7, 11) is 3.99. The molecule has 7 nitrogen and oxygen atoms in total. The molecule has 0 atom stereocenters. The second-order valence-electron chi connectivity index (χ2n) is 7.72. The number of anilines is 1. The van der Waals surface area contributed by atoms with Crippen LogP contribution < -0.4 is 10.1 Å². The van der Waals surface area contributed by atoms with Crippen LogP contribution in [0.2, 0.25) is 5.02 Å². The summed E-state index contributed by atoms with van der Waals surface area (Å²) in [5.41, 5.74) is 2.80. The van der Waals surface area contributed by atoms with E-state index >= 15 is 0 Å². The Kier molecular flexibility index (Phi) is 8.06. The molecule has 0 saturated heterocycles. The van der Waals surface area contributed by atoms with Gasteiger partial charge in [0.25, 0.3) is 5.91 Å². The second-order valence-corrected chi connectivity index (χ2v) is 9.14. The van der Waals surface area contributed by atoms with Crippen LogP contribution in [0.4, 0.5) is 5.13 Å². The maximum Gasteiger partial charge on any atom is 0.258 e. The van der Waals surface area contributed by atoms with E-state index in [1.54, 1.807) is 30.6 Å². The fourth-order valence-electron chi connectivity index (χ4n) is 3.07. The van der Waals surface area contributed by atoms with Crippen LogP contribution in [0.15, 0.2) is 67.0 Å². The first-order valence-corrected chi connectivity index (χ1v) is 11.9. The van der Waals surface area contributed by atoms with Gasteiger partial charge in [0.2, 0.25) is 5.13 Å². The lowest BCUT2D eigenvalue weighted by Crippen LogP contribution is -2.19. The number of benzene rings is 2. The lowest BCUT2D eigenvalue weighted by Gasteiger charge is -2.13.